The second-order valence-electron chi connectivity index (χ2n) is 7.18. The number of rotatable bonds is 9. The van der Waals surface area contributed by atoms with Crippen LogP contribution in [0, 0.1) is 0 Å². The zero-order valence-corrected chi connectivity index (χ0v) is 17.5. The van der Waals surface area contributed by atoms with E-state index in [9.17, 15) is 21.6 Å². The average Bonchev–Trinajstić information content (AvgIpc) is 3.53. The summed E-state index contributed by atoms with van der Waals surface area (Å²) in [6.45, 7) is 2.36. The van der Waals surface area contributed by atoms with Gasteiger partial charge in [0.2, 0.25) is 10.0 Å². The van der Waals surface area contributed by atoms with Crippen LogP contribution in [0.3, 0.4) is 0 Å². The summed E-state index contributed by atoms with van der Waals surface area (Å²) in [6, 6.07) is 9.88. The van der Waals surface area contributed by atoms with Crippen LogP contribution in [0.4, 0.5) is 13.2 Å². The molecule has 0 saturated heterocycles. The van der Waals surface area contributed by atoms with Crippen molar-refractivity contribution >= 4 is 10.0 Å². The Morgan fingerprint density at radius 3 is 2.33 bits per heavy atom. The van der Waals surface area contributed by atoms with E-state index in [1.807, 2.05) is 0 Å². The number of ether oxygens (including phenoxy) is 2. The first kappa shape index (κ1) is 22.6. The van der Waals surface area contributed by atoms with E-state index in [4.69, 9.17) is 9.47 Å². The van der Waals surface area contributed by atoms with Gasteiger partial charge in [-0.15, -0.1) is 0 Å². The highest BCUT2D eigenvalue weighted by Crippen LogP contribution is 2.40. The second-order valence-corrected chi connectivity index (χ2v) is 9.02. The molecule has 0 N–H and O–H groups in total. The first-order valence-electron chi connectivity index (χ1n) is 9.57. The van der Waals surface area contributed by atoms with E-state index in [0.29, 0.717) is 37.4 Å². The normalized spacial score (nSPS) is 15.9. The van der Waals surface area contributed by atoms with Gasteiger partial charge >= 0.3 is 6.18 Å². The van der Waals surface area contributed by atoms with Gasteiger partial charge in [-0.05, 0) is 61.7 Å². The molecule has 3 rings (SSSR count). The fourth-order valence-corrected chi connectivity index (χ4v) is 5.11. The summed E-state index contributed by atoms with van der Waals surface area (Å²) in [6.07, 6.45) is -3.13. The van der Waals surface area contributed by atoms with Gasteiger partial charge in [-0.3, -0.25) is 0 Å². The minimum atomic E-state index is -4.49. The standard InChI is InChI=1S/C21H24F3NO4S/c1-15(16-4-3-5-17(14-16)21(22,23)24)25(18-6-7-18)30(26,27)20-10-8-19(9-11-20)29-13-12-28-2/h3-5,8-11,14-15,18H,6-7,12-13H2,1-2H3. The molecule has 0 heterocycles. The highest BCUT2D eigenvalue weighted by atomic mass is 32.2. The summed E-state index contributed by atoms with van der Waals surface area (Å²) in [5, 5.41) is 0. The molecule has 1 aliphatic rings. The van der Waals surface area contributed by atoms with Crippen molar-refractivity contribution in [1.82, 2.24) is 4.31 Å². The Morgan fingerprint density at radius 2 is 1.77 bits per heavy atom. The van der Waals surface area contributed by atoms with E-state index in [1.165, 1.54) is 28.6 Å². The molecule has 164 valence electrons. The molecular formula is C21H24F3NO4S. The lowest BCUT2D eigenvalue weighted by Gasteiger charge is -2.29. The van der Waals surface area contributed by atoms with Crippen LogP contribution >= 0.6 is 0 Å². The lowest BCUT2D eigenvalue weighted by Crippen LogP contribution is -2.35. The van der Waals surface area contributed by atoms with Crippen molar-refractivity contribution in [3.05, 3.63) is 59.7 Å². The molecule has 0 aromatic heterocycles. The minimum Gasteiger partial charge on any atom is -0.491 e. The van der Waals surface area contributed by atoms with Crippen molar-refractivity contribution in [2.24, 2.45) is 0 Å². The lowest BCUT2D eigenvalue weighted by molar-refractivity contribution is -0.137. The van der Waals surface area contributed by atoms with Crippen molar-refractivity contribution in [3.63, 3.8) is 0 Å². The number of hydrogen-bond acceptors (Lipinski definition) is 4. The maximum Gasteiger partial charge on any atom is 0.416 e. The Balaban J connectivity index is 1.87. The Labute approximate surface area is 174 Å². The van der Waals surface area contributed by atoms with Crippen molar-refractivity contribution in [3.8, 4) is 5.75 Å². The Bertz CT molecular complexity index is 957. The van der Waals surface area contributed by atoms with Crippen molar-refractivity contribution in [2.75, 3.05) is 20.3 Å². The molecule has 0 bridgehead atoms. The molecule has 9 heteroatoms. The van der Waals surface area contributed by atoms with Gasteiger partial charge in [-0.1, -0.05) is 12.1 Å². The maximum atomic E-state index is 13.3. The molecule has 30 heavy (non-hydrogen) atoms. The SMILES string of the molecule is COCCOc1ccc(S(=O)(=O)N(C2CC2)C(C)c2cccc(C(F)(F)F)c2)cc1. The summed E-state index contributed by atoms with van der Waals surface area (Å²) in [4.78, 5) is 0.0762. The van der Waals surface area contributed by atoms with Gasteiger partial charge < -0.3 is 9.47 Å². The van der Waals surface area contributed by atoms with Crippen LogP contribution in [-0.4, -0.2) is 39.1 Å². The van der Waals surface area contributed by atoms with E-state index in [1.54, 1.807) is 26.2 Å². The molecule has 1 atom stereocenters. The first-order valence-corrected chi connectivity index (χ1v) is 11.0. The van der Waals surface area contributed by atoms with Crippen molar-refractivity contribution in [2.45, 2.75) is 42.9 Å². The maximum absolute atomic E-state index is 13.3. The first-order chi connectivity index (χ1) is 14.1. The third kappa shape index (κ3) is 5.14. The number of nitrogens with zero attached hydrogens (tertiary/aromatic N) is 1. The summed E-state index contributed by atoms with van der Waals surface area (Å²) >= 11 is 0. The summed E-state index contributed by atoms with van der Waals surface area (Å²) in [7, 11) is -2.35. The molecular weight excluding hydrogens is 419 g/mol. The van der Waals surface area contributed by atoms with Crippen LogP contribution in [0.15, 0.2) is 53.4 Å². The van der Waals surface area contributed by atoms with Crippen LogP contribution in [0.5, 0.6) is 5.75 Å². The number of benzene rings is 2. The van der Waals surface area contributed by atoms with Crippen LogP contribution in [0.1, 0.15) is 36.9 Å². The minimum absolute atomic E-state index is 0.0762. The molecule has 5 nitrogen and oxygen atoms in total. The van der Waals surface area contributed by atoms with Gasteiger partial charge in [-0.2, -0.15) is 17.5 Å². The predicted molar refractivity (Wildman–Crippen MR) is 106 cm³/mol. The van der Waals surface area contributed by atoms with Crippen molar-refractivity contribution in [1.29, 1.82) is 0 Å². The summed E-state index contributed by atoms with van der Waals surface area (Å²) in [5.41, 5.74) is -0.489. The lowest BCUT2D eigenvalue weighted by atomic mass is 10.0. The topological polar surface area (TPSA) is 55.8 Å². The second kappa shape index (κ2) is 8.95. The van der Waals surface area contributed by atoms with Gasteiger partial charge in [0.25, 0.3) is 0 Å². The number of methoxy groups -OCH3 is 1. The van der Waals surface area contributed by atoms with Crippen molar-refractivity contribution < 1.29 is 31.1 Å². The van der Waals surface area contributed by atoms with Gasteiger partial charge in [-0.25, -0.2) is 8.42 Å². The number of hydrogen-bond donors (Lipinski definition) is 0. The highest BCUT2D eigenvalue weighted by molar-refractivity contribution is 7.89. The van der Waals surface area contributed by atoms with E-state index in [0.717, 1.165) is 12.1 Å². The molecule has 0 aliphatic heterocycles. The van der Waals surface area contributed by atoms with E-state index in [2.05, 4.69) is 0 Å². The smallest absolute Gasteiger partial charge is 0.416 e. The van der Waals surface area contributed by atoms with Crippen LogP contribution in [-0.2, 0) is 20.9 Å². The average molecular weight is 443 g/mol. The fourth-order valence-electron chi connectivity index (χ4n) is 3.24. The number of alkyl halides is 3. The molecule has 1 fully saturated rings. The third-order valence-corrected chi connectivity index (χ3v) is 6.98. The molecule has 1 unspecified atom stereocenters. The number of sulfonamides is 1. The van der Waals surface area contributed by atoms with E-state index < -0.39 is 27.8 Å². The van der Waals surface area contributed by atoms with Crippen LogP contribution < -0.4 is 4.74 Å². The fraction of sp³-hybridized carbons (Fsp3) is 0.429. The largest absolute Gasteiger partial charge is 0.491 e. The molecule has 0 spiro atoms. The highest BCUT2D eigenvalue weighted by Gasteiger charge is 2.42. The molecule has 0 radical (unpaired) electrons. The van der Waals surface area contributed by atoms with E-state index in [-0.39, 0.29) is 10.9 Å². The van der Waals surface area contributed by atoms with E-state index >= 15 is 0 Å². The molecule has 1 saturated carbocycles. The third-order valence-electron chi connectivity index (χ3n) is 4.94. The quantitative estimate of drug-likeness (QED) is 0.530. The Morgan fingerprint density at radius 1 is 1.10 bits per heavy atom. The van der Waals surface area contributed by atoms with Gasteiger partial charge in [0.15, 0.2) is 0 Å². The molecule has 0 amide bonds. The zero-order chi connectivity index (χ0) is 21.9. The molecule has 2 aromatic rings. The summed E-state index contributed by atoms with van der Waals surface area (Å²) < 4.78 is 77.6. The monoisotopic (exact) mass is 443 g/mol. The Kier molecular flexibility index (Phi) is 6.74. The predicted octanol–water partition coefficient (Wildman–Crippen LogP) is 4.64. The zero-order valence-electron chi connectivity index (χ0n) is 16.7. The van der Waals surface area contributed by atoms with Crippen LogP contribution in [0.25, 0.3) is 0 Å². The van der Waals surface area contributed by atoms with Gasteiger partial charge in [0.05, 0.1) is 17.1 Å². The number of halogens is 3. The summed E-state index contributed by atoms with van der Waals surface area (Å²) in [5.74, 6) is 0.509. The van der Waals surface area contributed by atoms with Crippen LogP contribution in [0.2, 0.25) is 0 Å². The van der Waals surface area contributed by atoms with Gasteiger partial charge in [0.1, 0.15) is 12.4 Å². The molecule has 2 aromatic carbocycles. The Hall–Kier alpha value is -2.10. The molecule has 1 aliphatic carbocycles. The van der Waals surface area contributed by atoms with Gasteiger partial charge in [0, 0.05) is 19.2 Å².